The molecule has 1 atom stereocenters. The summed E-state index contributed by atoms with van der Waals surface area (Å²) in [5, 5.41) is 9.09. The Balaban J connectivity index is 1.76. The molecule has 0 unspecified atom stereocenters. The smallest absolute Gasteiger partial charge is 0.335 e. The van der Waals surface area contributed by atoms with Gasteiger partial charge in [0.1, 0.15) is 0 Å². The van der Waals surface area contributed by atoms with E-state index < -0.39 is 5.97 Å². The zero-order chi connectivity index (χ0) is 16.6. The summed E-state index contributed by atoms with van der Waals surface area (Å²) in [6, 6.07) is 28.5. The largest absolute Gasteiger partial charge is 0.478 e. The van der Waals surface area contributed by atoms with Crippen LogP contribution < -0.4 is 0 Å². The molecule has 1 fully saturated rings. The second kappa shape index (κ2) is 5.64. The zero-order valence-electron chi connectivity index (χ0n) is 13.2. The van der Waals surface area contributed by atoms with Gasteiger partial charge in [-0.25, -0.2) is 4.79 Å². The van der Waals surface area contributed by atoms with Gasteiger partial charge in [-0.2, -0.15) is 0 Å². The molecule has 0 heterocycles. The fourth-order valence-corrected chi connectivity index (χ4v) is 3.80. The van der Waals surface area contributed by atoms with Crippen molar-refractivity contribution in [2.45, 2.75) is 17.8 Å². The molecule has 4 rings (SSSR count). The van der Waals surface area contributed by atoms with Crippen molar-refractivity contribution in [1.29, 1.82) is 0 Å². The average Bonchev–Trinajstić information content (AvgIpc) is 3.40. The molecule has 1 aliphatic rings. The summed E-state index contributed by atoms with van der Waals surface area (Å²) < 4.78 is 0. The Morgan fingerprint density at radius 1 is 0.792 bits per heavy atom. The Morgan fingerprint density at radius 2 is 1.29 bits per heavy atom. The van der Waals surface area contributed by atoms with E-state index in [1.807, 2.05) is 24.3 Å². The topological polar surface area (TPSA) is 37.3 Å². The second-order valence-corrected chi connectivity index (χ2v) is 6.39. The van der Waals surface area contributed by atoms with Crippen molar-refractivity contribution in [1.82, 2.24) is 0 Å². The van der Waals surface area contributed by atoms with Gasteiger partial charge in [0.05, 0.1) is 5.56 Å². The van der Waals surface area contributed by atoms with E-state index in [0.717, 1.165) is 6.42 Å². The van der Waals surface area contributed by atoms with Gasteiger partial charge in [0.15, 0.2) is 0 Å². The third kappa shape index (κ3) is 2.31. The predicted octanol–water partition coefficient (Wildman–Crippen LogP) is 4.86. The SMILES string of the molecule is O=C(O)c1ccc([C@H]2CC2(c2ccccc2)c2ccccc2)cc1. The van der Waals surface area contributed by atoms with Gasteiger partial charge in [0.25, 0.3) is 0 Å². The Morgan fingerprint density at radius 3 is 1.75 bits per heavy atom. The van der Waals surface area contributed by atoms with Crippen LogP contribution in [0.15, 0.2) is 84.9 Å². The normalized spacial score (nSPS) is 18.1. The number of hydrogen-bond acceptors (Lipinski definition) is 1. The molecule has 1 N–H and O–H groups in total. The molecule has 2 nitrogen and oxygen atoms in total. The number of aromatic carboxylic acids is 1. The van der Waals surface area contributed by atoms with Crippen molar-refractivity contribution in [2.75, 3.05) is 0 Å². The molecule has 1 saturated carbocycles. The highest BCUT2D eigenvalue weighted by Crippen LogP contribution is 2.64. The lowest BCUT2D eigenvalue weighted by molar-refractivity contribution is 0.0697. The lowest BCUT2D eigenvalue weighted by Crippen LogP contribution is -2.11. The molecular formula is C22H18O2. The number of carboxylic acids is 1. The number of carboxylic acid groups (broad SMARTS) is 1. The number of benzene rings is 3. The van der Waals surface area contributed by atoms with E-state index in [-0.39, 0.29) is 5.41 Å². The minimum atomic E-state index is -0.880. The highest BCUT2D eigenvalue weighted by molar-refractivity contribution is 5.87. The van der Waals surface area contributed by atoms with Crippen LogP contribution in [0.4, 0.5) is 0 Å². The number of carbonyl (C=O) groups is 1. The molecule has 0 bridgehead atoms. The Hall–Kier alpha value is -2.87. The van der Waals surface area contributed by atoms with E-state index in [1.54, 1.807) is 12.1 Å². The molecule has 0 aliphatic heterocycles. The van der Waals surface area contributed by atoms with Crippen LogP contribution in [-0.2, 0) is 5.41 Å². The van der Waals surface area contributed by atoms with Crippen LogP contribution in [0.5, 0.6) is 0 Å². The Kier molecular flexibility index (Phi) is 3.46. The minimum absolute atomic E-state index is 0.00669. The average molecular weight is 314 g/mol. The molecule has 2 heteroatoms. The van der Waals surface area contributed by atoms with E-state index >= 15 is 0 Å². The summed E-state index contributed by atoms with van der Waals surface area (Å²) in [5.41, 5.74) is 4.18. The van der Waals surface area contributed by atoms with Gasteiger partial charge in [-0.3, -0.25) is 0 Å². The minimum Gasteiger partial charge on any atom is -0.478 e. The predicted molar refractivity (Wildman–Crippen MR) is 94.4 cm³/mol. The van der Waals surface area contributed by atoms with Gasteiger partial charge in [-0.1, -0.05) is 72.8 Å². The molecule has 118 valence electrons. The quantitative estimate of drug-likeness (QED) is 0.747. The molecule has 3 aromatic carbocycles. The zero-order valence-corrected chi connectivity index (χ0v) is 13.2. The lowest BCUT2D eigenvalue weighted by Gasteiger charge is -2.19. The molecular weight excluding hydrogens is 296 g/mol. The van der Waals surface area contributed by atoms with Gasteiger partial charge in [0.2, 0.25) is 0 Å². The van der Waals surface area contributed by atoms with E-state index in [2.05, 4.69) is 48.5 Å². The summed E-state index contributed by atoms with van der Waals surface area (Å²) >= 11 is 0. The van der Waals surface area contributed by atoms with Crippen molar-refractivity contribution < 1.29 is 9.90 Å². The summed E-state index contributed by atoms with van der Waals surface area (Å²) in [7, 11) is 0. The fourth-order valence-electron chi connectivity index (χ4n) is 3.80. The molecule has 3 aromatic rings. The van der Waals surface area contributed by atoms with E-state index in [0.29, 0.717) is 11.5 Å². The van der Waals surface area contributed by atoms with Gasteiger partial charge in [0, 0.05) is 5.41 Å². The first-order valence-corrected chi connectivity index (χ1v) is 8.16. The Bertz CT molecular complexity index is 812. The molecule has 24 heavy (non-hydrogen) atoms. The van der Waals surface area contributed by atoms with Crippen LogP contribution in [-0.4, -0.2) is 11.1 Å². The molecule has 0 radical (unpaired) electrons. The molecule has 0 amide bonds. The lowest BCUT2D eigenvalue weighted by atomic mass is 9.84. The maximum absolute atomic E-state index is 11.1. The van der Waals surface area contributed by atoms with Gasteiger partial charge in [-0.15, -0.1) is 0 Å². The van der Waals surface area contributed by atoms with E-state index in [9.17, 15) is 4.79 Å². The van der Waals surface area contributed by atoms with Gasteiger partial charge in [-0.05, 0) is 41.2 Å². The van der Waals surface area contributed by atoms with Crippen molar-refractivity contribution >= 4 is 5.97 Å². The summed E-state index contributed by atoms with van der Waals surface area (Å²) in [4.78, 5) is 11.1. The second-order valence-electron chi connectivity index (χ2n) is 6.39. The van der Waals surface area contributed by atoms with Gasteiger partial charge < -0.3 is 5.11 Å². The van der Waals surface area contributed by atoms with Crippen molar-refractivity contribution in [3.8, 4) is 0 Å². The number of rotatable bonds is 4. The first-order valence-electron chi connectivity index (χ1n) is 8.16. The van der Waals surface area contributed by atoms with Crippen LogP contribution in [0.3, 0.4) is 0 Å². The van der Waals surface area contributed by atoms with Crippen LogP contribution >= 0.6 is 0 Å². The molecule has 0 aromatic heterocycles. The Labute approximate surface area is 141 Å². The van der Waals surface area contributed by atoms with Crippen LogP contribution in [0, 0.1) is 0 Å². The molecule has 1 aliphatic carbocycles. The third-order valence-electron chi connectivity index (χ3n) is 5.10. The molecule has 0 spiro atoms. The summed E-state index contributed by atoms with van der Waals surface area (Å²) in [6.45, 7) is 0. The maximum Gasteiger partial charge on any atom is 0.335 e. The van der Waals surface area contributed by atoms with Crippen molar-refractivity contribution in [3.05, 3.63) is 107 Å². The number of hydrogen-bond donors (Lipinski definition) is 1. The fraction of sp³-hybridized carbons (Fsp3) is 0.136. The van der Waals surface area contributed by atoms with E-state index in [4.69, 9.17) is 5.11 Å². The highest BCUT2D eigenvalue weighted by Gasteiger charge is 2.56. The summed E-state index contributed by atoms with van der Waals surface area (Å²) in [6.07, 6.45) is 1.05. The first-order chi connectivity index (χ1) is 11.7. The van der Waals surface area contributed by atoms with Crippen LogP contribution in [0.25, 0.3) is 0 Å². The van der Waals surface area contributed by atoms with E-state index in [1.165, 1.54) is 16.7 Å². The summed E-state index contributed by atoms with van der Waals surface area (Å²) in [5.74, 6) is -0.500. The maximum atomic E-state index is 11.1. The highest BCUT2D eigenvalue weighted by atomic mass is 16.4. The molecule has 0 saturated heterocycles. The first kappa shape index (κ1) is 14.7. The van der Waals surface area contributed by atoms with Crippen LogP contribution in [0.1, 0.15) is 39.4 Å². The van der Waals surface area contributed by atoms with Crippen molar-refractivity contribution in [3.63, 3.8) is 0 Å². The standard InChI is InChI=1S/C22H18O2/c23-21(24)17-13-11-16(12-14-17)20-15-22(20,18-7-3-1-4-8-18)19-9-5-2-6-10-19/h1-14,20H,15H2,(H,23,24)/t20-/m1/s1. The van der Waals surface area contributed by atoms with Crippen molar-refractivity contribution in [2.24, 2.45) is 0 Å². The monoisotopic (exact) mass is 314 g/mol. The van der Waals surface area contributed by atoms with Crippen LogP contribution in [0.2, 0.25) is 0 Å². The van der Waals surface area contributed by atoms with Gasteiger partial charge >= 0.3 is 5.97 Å². The third-order valence-corrected chi connectivity index (χ3v) is 5.10.